The highest BCUT2D eigenvalue weighted by molar-refractivity contribution is 7.89. The van der Waals surface area contributed by atoms with Gasteiger partial charge in [-0.1, -0.05) is 81.3 Å². The van der Waals surface area contributed by atoms with Crippen LogP contribution in [-0.4, -0.2) is 31.3 Å². The summed E-state index contributed by atoms with van der Waals surface area (Å²) in [6, 6.07) is 16.3. The number of unbranched alkanes of at least 4 members (excludes halogenated alkanes) is 1. The van der Waals surface area contributed by atoms with Crippen LogP contribution in [0.4, 0.5) is 0 Å². The molecule has 0 amide bonds. The summed E-state index contributed by atoms with van der Waals surface area (Å²) in [5.41, 5.74) is 2.12. The van der Waals surface area contributed by atoms with Crippen molar-refractivity contribution < 1.29 is 17.9 Å². The van der Waals surface area contributed by atoms with E-state index in [1.54, 1.807) is 24.3 Å². The standard InChI is InChI=1S/C28H37NO4S/c1-5-7-13-24(6-2)28(30)33-22(4)27-25(20-23-11-9-8-10-12-23)18-19-29(27)34(31,32)26-16-14-21(3)15-17-26/h8-12,14-17,24-25,27H,4-7,13,18-20H2,1-3H3/t24?,25-,27-/m1/s1. The molecule has 0 radical (unpaired) electrons. The van der Waals surface area contributed by atoms with Gasteiger partial charge in [-0.2, -0.15) is 4.31 Å². The van der Waals surface area contributed by atoms with E-state index in [2.05, 4.69) is 13.5 Å². The van der Waals surface area contributed by atoms with Gasteiger partial charge in [0.25, 0.3) is 0 Å². The maximum atomic E-state index is 13.6. The summed E-state index contributed by atoms with van der Waals surface area (Å²) in [4.78, 5) is 13.2. The van der Waals surface area contributed by atoms with E-state index in [4.69, 9.17) is 4.74 Å². The molecule has 2 aromatic rings. The molecule has 3 atom stereocenters. The molecule has 0 N–H and O–H groups in total. The quantitative estimate of drug-likeness (QED) is 0.295. The van der Waals surface area contributed by atoms with Crippen LogP contribution in [0.1, 0.15) is 57.1 Å². The first-order valence-electron chi connectivity index (χ1n) is 12.3. The molecule has 1 aliphatic heterocycles. The smallest absolute Gasteiger partial charge is 0.314 e. The van der Waals surface area contributed by atoms with E-state index in [1.807, 2.05) is 44.2 Å². The molecule has 1 saturated heterocycles. The van der Waals surface area contributed by atoms with E-state index in [-0.39, 0.29) is 28.5 Å². The third-order valence-electron chi connectivity index (χ3n) is 6.74. The average molecular weight is 484 g/mol. The zero-order valence-electron chi connectivity index (χ0n) is 20.6. The molecule has 0 bridgehead atoms. The molecule has 5 nitrogen and oxygen atoms in total. The van der Waals surface area contributed by atoms with Gasteiger partial charge in [0.05, 0.1) is 16.9 Å². The summed E-state index contributed by atoms with van der Waals surface area (Å²) in [6.07, 6.45) is 4.78. The molecule has 1 unspecified atom stereocenters. The van der Waals surface area contributed by atoms with E-state index in [1.165, 1.54) is 4.31 Å². The van der Waals surface area contributed by atoms with Gasteiger partial charge in [0.15, 0.2) is 0 Å². The van der Waals surface area contributed by atoms with Crippen LogP contribution >= 0.6 is 0 Å². The SMILES string of the molecule is C=C(OC(=O)C(CC)CCCC)[C@@H]1[C@@H](Cc2ccccc2)CCN1S(=O)(=O)c1ccc(C)cc1. The highest BCUT2D eigenvalue weighted by Crippen LogP contribution is 2.37. The molecule has 3 rings (SSSR count). The van der Waals surface area contributed by atoms with E-state index in [9.17, 15) is 13.2 Å². The normalized spacial score (nSPS) is 19.6. The number of carbonyl (C=O) groups excluding carboxylic acids is 1. The molecule has 184 valence electrons. The Hall–Kier alpha value is -2.44. The minimum atomic E-state index is -3.77. The van der Waals surface area contributed by atoms with Crippen LogP contribution in [0.5, 0.6) is 0 Å². The Bertz CT molecular complexity index is 1060. The molecule has 1 heterocycles. The average Bonchev–Trinajstić information content (AvgIpc) is 3.25. The van der Waals surface area contributed by atoms with Crippen molar-refractivity contribution in [2.45, 2.75) is 70.2 Å². The number of nitrogens with zero attached hydrogens (tertiary/aromatic N) is 1. The Morgan fingerprint density at radius 1 is 1.12 bits per heavy atom. The molecule has 34 heavy (non-hydrogen) atoms. The van der Waals surface area contributed by atoms with Crippen molar-refractivity contribution in [1.82, 2.24) is 4.31 Å². The fourth-order valence-electron chi connectivity index (χ4n) is 4.71. The molecule has 0 saturated carbocycles. The van der Waals surface area contributed by atoms with Gasteiger partial charge < -0.3 is 4.74 Å². The second-order valence-corrected chi connectivity index (χ2v) is 11.1. The Morgan fingerprint density at radius 3 is 2.41 bits per heavy atom. The monoisotopic (exact) mass is 483 g/mol. The lowest BCUT2D eigenvalue weighted by Gasteiger charge is -2.29. The second kappa shape index (κ2) is 11.8. The fraction of sp³-hybridized carbons (Fsp3) is 0.464. The van der Waals surface area contributed by atoms with Gasteiger partial charge in [0, 0.05) is 6.54 Å². The molecule has 0 spiro atoms. The molecule has 2 aromatic carbocycles. The molecular formula is C28H37NO4S. The first kappa shape index (κ1) is 26.2. The van der Waals surface area contributed by atoms with Crippen LogP contribution in [0.2, 0.25) is 0 Å². The van der Waals surface area contributed by atoms with Crippen molar-refractivity contribution >= 4 is 16.0 Å². The maximum absolute atomic E-state index is 13.6. The number of esters is 1. The lowest BCUT2D eigenvalue weighted by Crippen LogP contribution is -2.40. The first-order chi connectivity index (χ1) is 16.3. The van der Waals surface area contributed by atoms with Crippen LogP contribution in [-0.2, 0) is 26.0 Å². The minimum Gasteiger partial charge on any atom is -0.430 e. The highest BCUT2D eigenvalue weighted by atomic mass is 32.2. The van der Waals surface area contributed by atoms with Crippen molar-refractivity contribution in [2.24, 2.45) is 11.8 Å². The highest BCUT2D eigenvalue weighted by Gasteiger charge is 2.44. The van der Waals surface area contributed by atoms with Crippen LogP contribution in [0.25, 0.3) is 0 Å². The van der Waals surface area contributed by atoms with E-state index in [0.29, 0.717) is 25.8 Å². The topological polar surface area (TPSA) is 63.7 Å². The summed E-state index contributed by atoms with van der Waals surface area (Å²) in [6.45, 7) is 10.4. The first-order valence-corrected chi connectivity index (χ1v) is 13.7. The van der Waals surface area contributed by atoms with E-state index >= 15 is 0 Å². The summed E-state index contributed by atoms with van der Waals surface area (Å²) >= 11 is 0. The Balaban J connectivity index is 1.88. The van der Waals surface area contributed by atoms with Crippen LogP contribution < -0.4 is 0 Å². The number of aryl methyl sites for hydroxylation is 1. The van der Waals surface area contributed by atoms with Crippen molar-refractivity contribution in [3.63, 3.8) is 0 Å². The van der Waals surface area contributed by atoms with Crippen LogP contribution in [0.3, 0.4) is 0 Å². The summed E-state index contributed by atoms with van der Waals surface area (Å²) in [5.74, 6) is -0.306. The van der Waals surface area contributed by atoms with Crippen LogP contribution in [0.15, 0.2) is 71.8 Å². The van der Waals surface area contributed by atoms with Gasteiger partial charge in [-0.15, -0.1) is 0 Å². The zero-order chi connectivity index (χ0) is 24.7. The van der Waals surface area contributed by atoms with Gasteiger partial charge >= 0.3 is 5.97 Å². The molecule has 1 aliphatic rings. The lowest BCUT2D eigenvalue weighted by molar-refractivity contribution is -0.145. The van der Waals surface area contributed by atoms with Crippen molar-refractivity contribution in [3.05, 3.63) is 78.1 Å². The van der Waals surface area contributed by atoms with Gasteiger partial charge in [-0.05, 0) is 56.2 Å². The zero-order valence-corrected chi connectivity index (χ0v) is 21.4. The van der Waals surface area contributed by atoms with Crippen molar-refractivity contribution in [1.29, 1.82) is 0 Å². The Morgan fingerprint density at radius 2 is 1.79 bits per heavy atom. The predicted molar refractivity (Wildman–Crippen MR) is 136 cm³/mol. The fourth-order valence-corrected chi connectivity index (χ4v) is 6.39. The number of rotatable bonds is 11. The number of benzene rings is 2. The Labute approximate surface area is 204 Å². The number of sulfonamides is 1. The third-order valence-corrected chi connectivity index (χ3v) is 8.63. The summed E-state index contributed by atoms with van der Waals surface area (Å²) in [5, 5.41) is 0. The van der Waals surface area contributed by atoms with E-state index < -0.39 is 16.1 Å². The van der Waals surface area contributed by atoms with Crippen molar-refractivity contribution in [2.75, 3.05) is 6.54 Å². The molecule has 0 aromatic heterocycles. The van der Waals surface area contributed by atoms with Crippen LogP contribution in [0, 0.1) is 18.8 Å². The maximum Gasteiger partial charge on any atom is 0.314 e. The molecule has 0 aliphatic carbocycles. The number of hydrogen-bond donors (Lipinski definition) is 0. The van der Waals surface area contributed by atoms with Crippen molar-refractivity contribution in [3.8, 4) is 0 Å². The van der Waals surface area contributed by atoms with Gasteiger partial charge in [-0.3, -0.25) is 4.79 Å². The molecule has 1 fully saturated rings. The minimum absolute atomic E-state index is 0.0290. The third kappa shape index (κ3) is 6.16. The number of carbonyl (C=O) groups is 1. The van der Waals surface area contributed by atoms with E-state index in [0.717, 1.165) is 30.4 Å². The summed E-state index contributed by atoms with van der Waals surface area (Å²) in [7, 11) is -3.77. The number of ether oxygens (including phenoxy) is 1. The van der Waals surface area contributed by atoms with Gasteiger partial charge in [0.2, 0.25) is 10.0 Å². The largest absolute Gasteiger partial charge is 0.430 e. The predicted octanol–water partition coefficient (Wildman–Crippen LogP) is 5.89. The summed E-state index contributed by atoms with van der Waals surface area (Å²) < 4.78 is 34.5. The molecule has 6 heteroatoms. The van der Waals surface area contributed by atoms with Gasteiger partial charge in [0.1, 0.15) is 5.76 Å². The number of hydrogen-bond acceptors (Lipinski definition) is 4. The lowest BCUT2D eigenvalue weighted by atomic mass is 9.91. The second-order valence-electron chi connectivity index (χ2n) is 9.25. The Kier molecular flexibility index (Phi) is 9.09. The van der Waals surface area contributed by atoms with Gasteiger partial charge in [-0.25, -0.2) is 8.42 Å². The molecular weight excluding hydrogens is 446 g/mol.